The highest BCUT2D eigenvalue weighted by molar-refractivity contribution is 5.64. The van der Waals surface area contributed by atoms with E-state index >= 15 is 0 Å². The quantitative estimate of drug-likeness (QED) is 0.663. The molecule has 0 saturated carbocycles. The fourth-order valence-corrected chi connectivity index (χ4v) is 2.64. The van der Waals surface area contributed by atoms with Crippen molar-refractivity contribution in [1.29, 1.82) is 0 Å². The lowest BCUT2D eigenvalue weighted by atomic mass is 10.2. The van der Waals surface area contributed by atoms with Gasteiger partial charge in [-0.05, 0) is 23.8 Å². The number of anilines is 1. The van der Waals surface area contributed by atoms with Gasteiger partial charge in [0.15, 0.2) is 0 Å². The molecule has 1 aliphatic rings. The molecule has 1 fully saturated rings. The summed E-state index contributed by atoms with van der Waals surface area (Å²) >= 11 is 0. The van der Waals surface area contributed by atoms with Crippen LogP contribution in [0.4, 0.5) is 11.6 Å². The first-order chi connectivity index (χ1) is 9.22. The van der Waals surface area contributed by atoms with E-state index in [1.165, 1.54) is 4.40 Å². The van der Waals surface area contributed by atoms with Crippen molar-refractivity contribution >= 4 is 17.3 Å². The number of aromatic nitrogens is 2. The number of hydrogen-bond donors (Lipinski definition) is 1. The summed E-state index contributed by atoms with van der Waals surface area (Å²) in [6.07, 6.45) is 3.38. The van der Waals surface area contributed by atoms with Crippen molar-refractivity contribution in [1.82, 2.24) is 9.38 Å². The molecule has 0 aliphatic carbocycles. The summed E-state index contributed by atoms with van der Waals surface area (Å²) in [5.74, 6) is 0.323. The molecule has 0 spiro atoms. The van der Waals surface area contributed by atoms with Crippen LogP contribution in [0.5, 0.6) is 0 Å². The van der Waals surface area contributed by atoms with Gasteiger partial charge in [0.1, 0.15) is 0 Å². The van der Waals surface area contributed by atoms with Gasteiger partial charge in [-0.3, -0.25) is 0 Å². The van der Waals surface area contributed by atoms with Crippen molar-refractivity contribution in [3.05, 3.63) is 34.5 Å². The number of nitrogens with zero attached hydrogens (tertiary/aromatic N) is 4. The summed E-state index contributed by atoms with van der Waals surface area (Å²) in [6.45, 7) is 0.682. The topological polar surface area (TPSA) is 83.9 Å². The molecule has 3 rings (SSSR count). The number of imidazole rings is 1. The number of aliphatic hydroxyl groups is 1. The van der Waals surface area contributed by atoms with Crippen LogP contribution in [0.1, 0.15) is 12.8 Å². The molecular formula is C12H14N4O3. The van der Waals surface area contributed by atoms with Crippen LogP contribution in [0.25, 0.3) is 5.65 Å². The van der Waals surface area contributed by atoms with Gasteiger partial charge in [0.2, 0.25) is 11.5 Å². The maximum atomic E-state index is 11.3. The lowest BCUT2D eigenvalue weighted by Gasteiger charge is -2.21. The van der Waals surface area contributed by atoms with Crippen LogP contribution in [-0.4, -0.2) is 38.6 Å². The van der Waals surface area contributed by atoms with Crippen molar-refractivity contribution < 1.29 is 10.0 Å². The van der Waals surface area contributed by atoms with Crippen LogP contribution in [0.15, 0.2) is 24.4 Å². The second-order valence-corrected chi connectivity index (χ2v) is 4.62. The Bertz CT molecular complexity index is 624. The van der Waals surface area contributed by atoms with Gasteiger partial charge in [-0.1, -0.05) is 6.07 Å². The van der Waals surface area contributed by atoms with Crippen molar-refractivity contribution in [3.63, 3.8) is 0 Å². The third kappa shape index (κ3) is 1.82. The van der Waals surface area contributed by atoms with Gasteiger partial charge in [-0.25, -0.2) is 0 Å². The van der Waals surface area contributed by atoms with E-state index in [4.69, 9.17) is 0 Å². The summed E-state index contributed by atoms with van der Waals surface area (Å²) in [4.78, 5) is 17.1. The van der Waals surface area contributed by atoms with Gasteiger partial charge in [0, 0.05) is 12.6 Å². The molecule has 2 aromatic heterocycles. The Kier molecular flexibility index (Phi) is 2.83. The van der Waals surface area contributed by atoms with Crippen LogP contribution in [-0.2, 0) is 0 Å². The van der Waals surface area contributed by atoms with E-state index in [2.05, 4.69) is 4.98 Å². The van der Waals surface area contributed by atoms with Gasteiger partial charge in [0.25, 0.3) is 0 Å². The Hall–Kier alpha value is -2.15. The number of fused-ring (bicyclic) bond motifs is 1. The van der Waals surface area contributed by atoms with Crippen LogP contribution in [0, 0.1) is 10.1 Å². The Morgan fingerprint density at radius 2 is 2.37 bits per heavy atom. The first-order valence-corrected chi connectivity index (χ1v) is 6.21. The van der Waals surface area contributed by atoms with E-state index in [-0.39, 0.29) is 18.5 Å². The highest BCUT2D eigenvalue weighted by Gasteiger charge is 2.33. The smallest absolute Gasteiger partial charge is 0.372 e. The Balaban J connectivity index is 2.17. The van der Waals surface area contributed by atoms with Gasteiger partial charge in [-0.2, -0.15) is 9.38 Å². The average molecular weight is 262 g/mol. The Morgan fingerprint density at radius 1 is 1.53 bits per heavy atom. The molecule has 100 valence electrons. The van der Waals surface area contributed by atoms with Crippen LogP contribution < -0.4 is 4.90 Å². The van der Waals surface area contributed by atoms with E-state index < -0.39 is 4.92 Å². The van der Waals surface area contributed by atoms with Crippen LogP contribution in [0.3, 0.4) is 0 Å². The van der Waals surface area contributed by atoms with E-state index in [1.54, 1.807) is 24.4 Å². The zero-order valence-corrected chi connectivity index (χ0v) is 10.3. The Morgan fingerprint density at radius 3 is 3.11 bits per heavy atom. The second kappa shape index (κ2) is 4.51. The highest BCUT2D eigenvalue weighted by atomic mass is 16.6. The summed E-state index contributed by atoms with van der Waals surface area (Å²) in [5.41, 5.74) is 0.549. The van der Waals surface area contributed by atoms with Crippen LogP contribution >= 0.6 is 0 Å². The number of hydrogen-bond acceptors (Lipinski definition) is 5. The third-order valence-electron chi connectivity index (χ3n) is 3.52. The molecule has 0 radical (unpaired) electrons. The predicted molar refractivity (Wildman–Crippen MR) is 69.3 cm³/mol. The highest BCUT2D eigenvalue weighted by Crippen LogP contribution is 2.33. The zero-order chi connectivity index (χ0) is 13.4. The number of rotatable bonds is 3. The fourth-order valence-electron chi connectivity index (χ4n) is 2.64. The maximum Gasteiger partial charge on any atom is 0.372 e. The standard InChI is InChI=1S/C12H14N4O3/c17-8-9-4-3-7-14(9)11-12(16(18)19)15-6-2-1-5-10(15)13-11/h1-2,5-6,9,17H,3-4,7-8H2/t9-/m1/s1. The molecule has 1 aliphatic heterocycles. The SMILES string of the molecule is O=[N+]([O-])c1c(N2CCC[C@@H]2CO)nc2ccccn12. The molecule has 0 aromatic carbocycles. The molecule has 1 atom stereocenters. The van der Waals surface area contributed by atoms with E-state index in [9.17, 15) is 15.2 Å². The zero-order valence-electron chi connectivity index (χ0n) is 10.3. The summed E-state index contributed by atoms with van der Waals surface area (Å²) in [5, 5.41) is 20.7. The number of aliphatic hydroxyl groups excluding tert-OH is 1. The fraction of sp³-hybridized carbons (Fsp3) is 0.417. The summed E-state index contributed by atoms with van der Waals surface area (Å²) < 4.78 is 1.47. The summed E-state index contributed by atoms with van der Waals surface area (Å²) in [7, 11) is 0. The minimum absolute atomic E-state index is 0.00890. The van der Waals surface area contributed by atoms with Gasteiger partial charge < -0.3 is 20.1 Å². The molecule has 0 bridgehead atoms. The van der Waals surface area contributed by atoms with Gasteiger partial charge in [0.05, 0.1) is 18.8 Å². The van der Waals surface area contributed by atoms with Gasteiger partial charge in [-0.15, -0.1) is 0 Å². The molecule has 0 unspecified atom stereocenters. The van der Waals surface area contributed by atoms with E-state index in [0.29, 0.717) is 18.0 Å². The Labute approximate surface area is 109 Å². The number of pyridine rings is 1. The largest absolute Gasteiger partial charge is 0.394 e. The third-order valence-corrected chi connectivity index (χ3v) is 3.52. The van der Waals surface area contributed by atoms with Crippen molar-refractivity contribution in [2.45, 2.75) is 18.9 Å². The molecule has 19 heavy (non-hydrogen) atoms. The molecule has 1 saturated heterocycles. The molecule has 7 heteroatoms. The van der Waals surface area contributed by atoms with Gasteiger partial charge >= 0.3 is 5.82 Å². The average Bonchev–Trinajstić information content (AvgIpc) is 3.01. The molecule has 2 aromatic rings. The molecule has 7 nitrogen and oxygen atoms in total. The molecular weight excluding hydrogens is 248 g/mol. The van der Waals surface area contributed by atoms with E-state index in [0.717, 1.165) is 12.8 Å². The normalized spacial score (nSPS) is 19.2. The van der Waals surface area contributed by atoms with E-state index in [1.807, 2.05) is 4.90 Å². The molecule has 0 amide bonds. The number of nitro groups is 1. The first-order valence-electron chi connectivity index (χ1n) is 6.21. The van der Waals surface area contributed by atoms with Crippen molar-refractivity contribution in [3.8, 4) is 0 Å². The van der Waals surface area contributed by atoms with Crippen molar-refractivity contribution in [2.75, 3.05) is 18.1 Å². The monoisotopic (exact) mass is 262 g/mol. The van der Waals surface area contributed by atoms with Crippen LogP contribution in [0.2, 0.25) is 0 Å². The first kappa shape index (κ1) is 11.9. The predicted octanol–water partition coefficient (Wildman–Crippen LogP) is 1.20. The molecule has 3 heterocycles. The maximum absolute atomic E-state index is 11.3. The van der Waals surface area contributed by atoms with Crippen molar-refractivity contribution in [2.24, 2.45) is 0 Å². The lowest BCUT2D eigenvalue weighted by Crippen LogP contribution is -2.32. The molecule has 1 N–H and O–H groups in total. The minimum atomic E-state index is -0.415. The second-order valence-electron chi connectivity index (χ2n) is 4.62. The summed E-state index contributed by atoms with van der Waals surface area (Å²) in [6, 6.07) is 5.19. The minimum Gasteiger partial charge on any atom is -0.394 e. The lowest BCUT2D eigenvalue weighted by molar-refractivity contribution is -0.389.